The Bertz CT molecular complexity index is 943. The molecule has 3 aromatic rings. The van der Waals surface area contributed by atoms with Crippen molar-refractivity contribution in [3.63, 3.8) is 0 Å². The van der Waals surface area contributed by atoms with Crippen molar-refractivity contribution in [3.05, 3.63) is 58.6 Å². The molecule has 5 nitrogen and oxygen atoms in total. The maximum absolute atomic E-state index is 13.7. The Morgan fingerprint density at radius 1 is 1.08 bits per heavy atom. The molecule has 26 heavy (non-hydrogen) atoms. The molecular formula is C15H9ClF4N4OS. The lowest BCUT2D eigenvalue weighted by molar-refractivity contribution is 0.290. The SMILES string of the molecule is Cn1c(COc2ccccc2Cl)nnc1Sc1c(F)c(F)nc(F)c1F. The lowest BCUT2D eigenvalue weighted by Crippen LogP contribution is -2.05. The van der Waals surface area contributed by atoms with Crippen LogP contribution in [0.1, 0.15) is 5.82 Å². The van der Waals surface area contributed by atoms with Crippen molar-refractivity contribution in [3.8, 4) is 5.75 Å². The zero-order valence-electron chi connectivity index (χ0n) is 13.0. The predicted octanol–water partition coefficient (Wildman–Crippen LogP) is 4.15. The molecule has 0 radical (unpaired) electrons. The van der Waals surface area contributed by atoms with E-state index in [9.17, 15) is 17.6 Å². The fraction of sp³-hybridized carbons (Fsp3) is 0.133. The molecule has 0 saturated heterocycles. The van der Waals surface area contributed by atoms with Gasteiger partial charge >= 0.3 is 0 Å². The second kappa shape index (κ2) is 7.50. The summed E-state index contributed by atoms with van der Waals surface area (Å²) in [5, 5.41) is 7.99. The molecule has 0 amide bonds. The monoisotopic (exact) mass is 404 g/mol. The molecule has 136 valence electrons. The summed E-state index contributed by atoms with van der Waals surface area (Å²) in [7, 11) is 1.51. The molecule has 0 fully saturated rings. The highest BCUT2D eigenvalue weighted by atomic mass is 35.5. The van der Waals surface area contributed by atoms with Gasteiger partial charge in [-0.1, -0.05) is 23.7 Å². The van der Waals surface area contributed by atoms with Crippen LogP contribution in [0.5, 0.6) is 5.75 Å². The van der Waals surface area contributed by atoms with E-state index in [1.165, 1.54) is 11.6 Å². The summed E-state index contributed by atoms with van der Waals surface area (Å²) in [6.07, 6.45) is 0. The zero-order chi connectivity index (χ0) is 18.8. The summed E-state index contributed by atoms with van der Waals surface area (Å²) >= 11 is 6.35. The fourth-order valence-electron chi connectivity index (χ4n) is 1.91. The van der Waals surface area contributed by atoms with Gasteiger partial charge in [-0.15, -0.1) is 10.2 Å². The molecule has 0 aliphatic rings. The van der Waals surface area contributed by atoms with Crippen LogP contribution in [0.3, 0.4) is 0 Å². The first-order chi connectivity index (χ1) is 12.4. The summed E-state index contributed by atoms with van der Waals surface area (Å²) in [6.45, 7) is -0.0299. The van der Waals surface area contributed by atoms with E-state index in [0.717, 1.165) is 0 Å². The van der Waals surface area contributed by atoms with Gasteiger partial charge in [-0.05, 0) is 23.9 Å². The smallest absolute Gasteiger partial charge is 0.252 e. The summed E-state index contributed by atoms with van der Waals surface area (Å²) < 4.78 is 60.7. The lowest BCUT2D eigenvalue weighted by atomic mass is 10.3. The van der Waals surface area contributed by atoms with Crippen LogP contribution in [-0.2, 0) is 13.7 Å². The number of hydrogen-bond acceptors (Lipinski definition) is 5. The summed E-state index contributed by atoms with van der Waals surface area (Å²) in [6, 6.07) is 6.77. The molecule has 0 aliphatic carbocycles. The number of halogens is 5. The third-order valence-corrected chi connectivity index (χ3v) is 4.68. The second-order valence-corrected chi connectivity index (χ2v) is 6.31. The maximum atomic E-state index is 13.7. The van der Waals surface area contributed by atoms with E-state index in [-0.39, 0.29) is 11.8 Å². The second-order valence-electron chi connectivity index (χ2n) is 4.93. The van der Waals surface area contributed by atoms with Crippen molar-refractivity contribution < 1.29 is 22.3 Å². The number of para-hydroxylation sites is 1. The lowest BCUT2D eigenvalue weighted by Gasteiger charge is -2.08. The molecule has 0 unspecified atom stereocenters. The number of aromatic nitrogens is 4. The molecule has 2 heterocycles. The first kappa shape index (κ1) is 18.5. The van der Waals surface area contributed by atoms with Gasteiger partial charge in [0, 0.05) is 7.05 Å². The molecule has 0 saturated carbocycles. The molecular weight excluding hydrogens is 396 g/mol. The van der Waals surface area contributed by atoms with Crippen LogP contribution < -0.4 is 4.74 Å². The van der Waals surface area contributed by atoms with Gasteiger partial charge in [0.1, 0.15) is 12.4 Å². The maximum Gasteiger partial charge on any atom is 0.252 e. The Labute approximate surface area is 154 Å². The standard InChI is InChI=1S/C15H9ClF4N4OS/c1-24-9(6-25-8-5-3-2-4-7(8)16)22-23-15(24)26-12-10(17)13(19)21-14(20)11(12)18/h2-5H,6H2,1H3. The van der Waals surface area contributed by atoms with Gasteiger partial charge in [0.25, 0.3) is 11.9 Å². The van der Waals surface area contributed by atoms with Crippen LogP contribution in [0, 0.1) is 23.5 Å². The fourth-order valence-corrected chi connectivity index (χ4v) is 2.96. The molecule has 3 rings (SSSR count). The number of rotatable bonds is 5. The van der Waals surface area contributed by atoms with E-state index >= 15 is 0 Å². The van der Waals surface area contributed by atoms with E-state index < -0.39 is 28.4 Å². The average molecular weight is 405 g/mol. The third kappa shape index (κ3) is 3.61. The molecule has 0 spiro atoms. The quantitative estimate of drug-likeness (QED) is 0.472. The van der Waals surface area contributed by atoms with Gasteiger partial charge in [-0.2, -0.15) is 13.8 Å². The van der Waals surface area contributed by atoms with Gasteiger partial charge in [0.2, 0.25) is 0 Å². The van der Waals surface area contributed by atoms with Crippen LogP contribution in [0.2, 0.25) is 5.02 Å². The van der Waals surface area contributed by atoms with Crippen molar-refractivity contribution >= 4 is 23.4 Å². The number of hydrogen-bond donors (Lipinski definition) is 0. The summed E-state index contributed by atoms with van der Waals surface area (Å²) in [4.78, 5) is 1.60. The molecule has 0 aliphatic heterocycles. The topological polar surface area (TPSA) is 52.8 Å². The van der Waals surface area contributed by atoms with Crippen molar-refractivity contribution in [2.24, 2.45) is 7.05 Å². The van der Waals surface area contributed by atoms with Gasteiger partial charge < -0.3 is 9.30 Å². The van der Waals surface area contributed by atoms with Crippen LogP contribution in [0.4, 0.5) is 17.6 Å². The van der Waals surface area contributed by atoms with Crippen LogP contribution in [0.15, 0.2) is 34.3 Å². The van der Waals surface area contributed by atoms with E-state index in [2.05, 4.69) is 15.2 Å². The van der Waals surface area contributed by atoms with Gasteiger partial charge in [0.05, 0.1) is 9.92 Å². The Morgan fingerprint density at radius 2 is 1.73 bits per heavy atom. The first-order valence-electron chi connectivity index (χ1n) is 7.02. The minimum absolute atomic E-state index is 0.00515. The molecule has 2 aromatic heterocycles. The number of nitrogens with zero attached hydrogens (tertiary/aromatic N) is 4. The van der Waals surface area contributed by atoms with E-state index in [1.54, 1.807) is 24.3 Å². The van der Waals surface area contributed by atoms with Crippen molar-refractivity contribution in [1.29, 1.82) is 0 Å². The third-order valence-electron chi connectivity index (χ3n) is 3.27. The molecule has 0 atom stereocenters. The summed E-state index contributed by atoms with van der Waals surface area (Å²) in [5.74, 6) is -5.96. The van der Waals surface area contributed by atoms with Crippen LogP contribution in [-0.4, -0.2) is 19.7 Å². The minimum Gasteiger partial charge on any atom is -0.484 e. The number of ether oxygens (including phenoxy) is 1. The van der Waals surface area contributed by atoms with E-state index in [0.29, 0.717) is 28.4 Å². The highest BCUT2D eigenvalue weighted by Crippen LogP contribution is 2.32. The number of pyridine rings is 1. The first-order valence-corrected chi connectivity index (χ1v) is 8.21. The normalized spacial score (nSPS) is 11.0. The van der Waals surface area contributed by atoms with E-state index in [1.807, 2.05) is 0 Å². The molecule has 11 heteroatoms. The van der Waals surface area contributed by atoms with Crippen LogP contribution >= 0.6 is 23.4 Å². The van der Waals surface area contributed by atoms with Crippen molar-refractivity contribution in [1.82, 2.24) is 19.7 Å². The van der Waals surface area contributed by atoms with Gasteiger partial charge in [-0.25, -0.2) is 8.78 Å². The molecule has 1 aromatic carbocycles. The van der Waals surface area contributed by atoms with E-state index in [4.69, 9.17) is 16.3 Å². The number of benzene rings is 1. The highest BCUT2D eigenvalue weighted by molar-refractivity contribution is 7.99. The van der Waals surface area contributed by atoms with Gasteiger partial charge in [0.15, 0.2) is 22.6 Å². The van der Waals surface area contributed by atoms with Crippen LogP contribution in [0.25, 0.3) is 0 Å². The minimum atomic E-state index is -1.74. The Hall–Kier alpha value is -2.33. The van der Waals surface area contributed by atoms with Gasteiger partial charge in [-0.3, -0.25) is 0 Å². The summed E-state index contributed by atoms with van der Waals surface area (Å²) in [5.41, 5.74) is 0. The Kier molecular flexibility index (Phi) is 5.33. The Balaban J connectivity index is 1.81. The average Bonchev–Trinajstić information content (AvgIpc) is 2.96. The van der Waals surface area contributed by atoms with Crippen molar-refractivity contribution in [2.45, 2.75) is 16.7 Å². The molecule has 0 bridgehead atoms. The zero-order valence-corrected chi connectivity index (χ0v) is 14.6. The molecule has 0 N–H and O–H groups in total. The highest BCUT2D eigenvalue weighted by Gasteiger charge is 2.24. The largest absolute Gasteiger partial charge is 0.484 e. The van der Waals surface area contributed by atoms with Crippen molar-refractivity contribution in [2.75, 3.05) is 0 Å². The Morgan fingerprint density at radius 3 is 2.38 bits per heavy atom. The predicted molar refractivity (Wildman–Crippen MR) is 85.0 cm³/mol.